The summed E-state index contributed by atoms with van der Waals surface area (Å²) in [5, 5.41) is 0. The predicted octanol–water partition coefficient (Wildman–Crippen LogP) is 0.982. The molecule has 1 aliphatic heterocycles. The second-order valence-corrected chi connectivity index (χ2v) is 5.54. The molecule has 3 rings (SSSR count). The van der Waals surface area contributed by atoms with E-state index in [2.05, 4.69) is 0 Å². The van der Waals surface area contributed by atoms with Crippen LogP contribution in [0.3, 0.4) is 0 Å². The Bertz CT molecular complexity index is 271. The van der Waals surface area contributed by atoms with Crippen molar-refractivity contribution in [2.75, 3.05) is 13.1 Å². The first-order valence-electron chi connectivity index (χ1n) is 6.30. The molecule has 0 aromatic heterocycles. The summed E-state index contributed by atoms with van der Waals surface area (Å²) >= 11 is 0. The number of amides is 1. The molecule has 0 bridgehead atoms. The number of likely N-dealkylation sites (tertiary alicyclic amines) is 1. The van der Waals surface area contributed by atoms with Gasteiger partial charge in [-0.1, -0.05) is 6.42 Å². The number of nitrogens with two attached hydrogens (primary N) is 1. The van der Waals surface area contributed by atoms with E-state index < -0.39 is 0 Å². The zero-order chi connectivity index (χ0) is 10.4. The van der Waals surface area contributed by atoms with Crippen LogP contribution in [0.25, 0.3) is 0 Å². The SMILES string of the molecule is N[C@H]1CN(C(=O)C2CCC2)C[C@@H]1C1CC1. The number of nitrogens with zero attached hydrogens (tertiary/aromatic N) is 1. The van der Waals surface area contributed by atoms with Crippen LogP contribution < -0.4 is 5.73 Å². The van der Waals surface area contributed by atoms with Gasteiger partial charge in [0, 0.05) is 25.0 Å². The van der Waals surface area contributed by atoms with Crippen LogP contribution in [-0.4, -0.2) is 29.9 Å². The van der Waals surface area contributed by atoms with Crippen LogP contribution in [-0.2, 0) is 4.79 Å². The summed E-state index contributed by atoms with van der Waals surface area (Å²) in [7, 11) is 0. The summed E-state index contributed by atoms with van der Waals surface area (Å²) in [6.07, 6.45) is 6.13. The monoisotopic (exact) mass is 208 g/mol. The highest BCUT2D eigenvalue weighted by molar-refractivity contribution is 5.80. The van der Waals surface area contributed by atoms with Gasteiger partial charge >= 0.3 is 0 Å². The standard InChI is InChI=1S/C12H20N2O/c13-11-7-14(6-10(11)8-4-5-8)12(15)9-2-1-3-9/h8-11H,1-7,13H2/t10-,11+/m1/s1. The molecule has 3 heteroatoms. The lowest BCUT2D eigenvalue weighted by Gasteiger charge is -2.29. The zero-order valence-electron chi connectivity index (χ0n) is 9.19. The van der Waals surface area contributed by atoms with Crippen molar-refractivity contribution in [3.8, 4) is 0 Å². The summed E-state index contributed by atoms with van der Waals surface area (Å²) in [6, 6.07) is 0.251. The molecule has 84 valence electrons. The van der Waals surface area contributed by atoms with Crippen LogP contribution in [0.15, 0.2) is 0 Å². The van der Waals surface area contributed by atoms with E-state index in [-0.39, 0.29) is 6.04 Å². The number of carbonyl (C=O) groups is 1. The van der Waals surface area contributed by atoms with Crippen molar-refractivity contribution in [3.05, 3.63) is 0 Å². The van der Waals surface area contributed by atoms with Gasteiger partial charge in [-0.3, -0.25) is 4.79 Å². The lowest BCUT2D eigenvalue weighted by molar-refractivity contribution is -0.137. The molecule has 3 nitrogen and oxygen atoms in total. The smallest absolute Gasteiger partial charge is 0.225 e. The molecule has 0 unspecified atom stereocenters. The Balaban J connectivity index is 1.61. The Morgan fingerprint density at radius 1 is 1.13 bits per heavy atom. The average Bonchev–Trinajstić information content (AvgIpc) is 2.87. The maximum atomic E-state index is 12.0. The summed E-state index contributed by atoms with van der Waals surface area (Å²) in [6.45, 7) is 1.76. The van der Waals surface area contributed by atoms with E-state index in [4.69, 9.17) is 5.73 Å². The predicted molar refractivity (Wildman–Crippen MR) is 58.1 cm³/mol. The molecule has 0 radical (unpaired) electrons. The number of carbonyl (C=O) groups excluding carboxylic acids is 1. The van der Waals surface area contributed by atoms with Gasteiger partial charge in [-0.15, -0.1) is 0 Å². The van der Waals surface area contributed by atoms with Crippen molar-refractivity contribution in [2.24, 2.45) is 23.5 Å². The zero-order valence-corrected chi connectivity index (χ0v) is 9.19. The third kappa shape index (κ3) is 1.67. The molecule has 3 fully saturated rings. The van der Waals surface area contributed by atoms with E-state index >= 15 is 0 Å². The summed E-state index contributed by atoms with van der Waals surface area (Å²) < 4.78 is 0. The van der Waals surface area contributed by atoms with E-state index in [0.717, 1.165) is 31.8 Å². The molecule has 0 spiro atoms. The average molecular weight is 208 g/mol. The Kier molecular flexibility index (Phi) is 2.23. The Labute approximate surface area is 91.0 Å². The van der Waals surface area contributed by atoms with Gasteiger partial charge < -0.3 is 10.6 Å². The topological polar surface area (TPSA) is 46.3 Å². The molecule has 0 aromatic carbocycles. The maximum absolute atomic E-state index is 12.0. The molecule has 2 saturated carbocycles. The van der Waals surface area contributed by atoms with Gasteiger partial charge in [-0.2, -0.15) is 0 Å². The fourth-order valence-electron chi connectivity index (χ4n) is 2.97. The quantitative estimate of drug-likeness (QED) is 0.735. The van der Waals surface area contributed by atoms with Crippen molar-refractivity contribution in [3.63, 3.8) is 0 Å². The second-order valence-electron chi connectivity index (χ2n) is 5.54. The first-order valence-corrected chi connectivity index (χ1v) is 6.30. The van der Waals surface area contributed by atoms with Crippen LogP contribution in [0, 0.1) is 17.8 Å². The minimum Gasteiger partial charge on any atom is -0.341 e. The highest BCUT2D eigenvalue weighted by atomic mass is 16.2. The first-order chi connectivity index (χ1) is 7.25. The van der Waals surface area contributed by atoms with Gasteiger partial charge in [-0.05, 0) is 37.5 Å². The van der Waals surface area contributed by atoms with Crippen molar-refractivity contribution in [1.82, 2.24) is 4.90 Å². The molecular weight excluding hydrogens is 188 g/mol. The summed E-state index contributed by atoms with van der Waals surface area (Å²) in [5.74, 6) is 2.17. The highest BCUT2D eigenvalue weighted by Gasteiger charge is 2.43. The van der Waals surface area contributed by atoms with Gasteiger partial charge in [0.2, 0.25) is 5.91 Å². The maximum Gasteiger partial charge on any atom is 0.225 e. The van der Waals surface area contributed by atoms with Crippen molar-refractivity contribution >= 4 is 5.91 Å². The molecule has 3 aliphatic rings. The minimum atomic E-state index is 0.251. The van der Waals surface area contributed by atoms with Gasteiger partial charge in [0.1, 0.15) is 0 Å². The number of hydrogen-bond donors (Lipinski definition) is 1. The fraction of sp³-hybridized carbons (Fsp3) is 0.917. The molecule has 1 heterocycles. The van der Waals surface area contributed by atoms with Crippen LogP contribution in [0.4, 0.5) is 0 Å². The van der Waals surface area contributed by atoms with Crippen molar-refractivity contribution in [2.45, 2.75) is 38.1 Å². The molecule has 2 aliphatic carbocycles. The van der Waals surface area contributed by atoms with Crippen molar-refractivity contribution < 1.29 is 4.79 Å². The van der Waals surface area contributed by atoms with Crippen LogP contribution >= 0.6 is 0 Å². The molecule has 0 aromatic rings. The van der Waals surface area contributed by atoms with Gasteiger partial charge in [0.25, 0.3) is 0 Å². The third-order valence-electron chi connectivity index (χ3n) is 4.41. The molecule has 15 heavy (non-hydrogen) atoms. The largest absolute Gasteiger partial charge is 0.341 e. The molecule has 1 amide bonds. The Morgan fingerprint density at radius 3 is 2.40 bits per heavy atom. The summed E-state index contributed by atoms with van der Waals surface area (Å²) in [5.41, 5.74) is 6.11. The van der Waals surface area contributed by atoms with Gasteiger partial charge in [-0.25, -0.2) is 0 Å². The molecule has 2 N–H and O–H groups in total. The fourth-order valence-corrected chi connectivity index (χ4v) is 2.97. The molecule has 1 saturated heterocycles. The third-order valence-corrected chi connectivity index (χ3v) is 4.41. The number of hydrogen-bond acceptors (Lipinski definition) is 2. The van der Waals surface area contributed by atoms with E-state index in [0.29, 0.717) is 17.7 Å². The van der Waals surface area contributed by atoms with Crippen molar-refractivity contribution in [1.29, 1.82) is 0 Å². The summed E-state index contributed by atoms with van der Waals surface area (Å²) in [4.78, 5) is 14.1. The molecule has 2 atom stereocenters. The number of rotatable bonds is 2. The lowest BCUT2D eigenvalue weighted by atomic mass is 9.84. The van der Waals surface area contributed by atoms with Crippen LogP contribution in [0.1, 0.15) is 32.1 Å². The normalized spacial score (nSPS) is 36.7. The lowest BCUT2D eigenvalue weighted by Crippen LogP contribution is -2.38. The minimum absolute atomic E-state index is 0.251. The van der Waals surface area contributed by atoms with Crippen LogP contribution in [0.5, 0.6) is 0 Å². The van der Waals surface area contributed by atoms with Gasteiger partial charge in [0.15, 0.2) is 0 Å². The first kappa shape index (κ1) is 9.64. The second kappa shape index (κ2) is 3.48. The van der Waals surface area contributed by atoms with E-state index in [9.17, 15) is 4.79 Å². The molecular formula is C12H20N2O. The highest BCUT2D eigenvalue weighted by Crippen LogP contribution is 2.41. The van der Waals surface area contributed by atoms with E-state index in [1.807, 2.05) is 4.90 Å². The van der Waals surface area contributed by atoms with E-state index in [1.54, 1.807) is 0 Å². The van der Waals surface area contributed by atoms with Gasteiger partial charge in [0.05, 0.1) is 0 Å². The van der Waals surface area contributed by atoms with E-state index in [1.165, 1.54) is 19.3 Å². The Hall–Kier alpha value is -0.570. The Morgan fingerprint density at radius 2 is 1.87 bits per heavy atom. The van der Waals surface area contributed by atoms with Crippen LogP contribution in [0.2, 0.25) is 0 Å².